The SMILES string of the molecule is C=C/C=C(\C=C/CC)C(/C)=C/C(C/C=C\Cc1cc(N)c[nH]1)CCC(C)=NC. The third-order valence-electron chi connectivity index (χ3n) is 4.74. The lowest BCUT2D eigenvalue weighted by molar-refractivity contribution is 0.611. The number of aliphatic imine (C=N–C) groups is 1. The molecule has 0 saturated heterocycles. The number of nitrogens with one attached hydrogen (secondary N) is 1. The van der Waals surface area contributed by atoms with Crippen LogP contribution in [0.5, 0.6) is 0 Å². The lowest BCUT2D eigenvalue weighted by Gasteiger charge is -2.13. The molecule has 3 nitrogen and oxygen atoms in total. The van der Waals surface area contributed by atoms with Crippen molar-refractivity contribution in [1.82, 2.24) is 4.98 Å². The quantitative estimate of drug-likeness (QED) is 0.240. The van der Waals surface area contributed by atoms with Gasteiger partial charge in [0.05, 0.1) is 0 Å². The van der Waals surface area contributed by atoms with Gasteiger partial charge in [-0.25, -0.2) is 0 Å². The van der Waals surface area contributed by atoms with Gasteiger partial charge in [0, 0.05) is 36.8 Å². The minimum atomic E-state index is 0.477. The molecule has 3 heteroatoms. The average molecular weight is 380 g/mol. The van der Waals surface area contributed by atoms with Crippen LogP contribution < -0.4 is 5.73 Å². The summed E-state index contributed by atoms with van der Waals surface area (Å²) in [5.74, 6) is 0.477. The zero-order valence-electron chi connectivity index (χ0n) is 18.0. The van der Waals surface area contributed by atoms with E-state index in [2.05, 4.69) is 73.8 Å². The Hall–Kier alpha value is -2.55. The number of hydrogen-bond acceptors (Lipinski definition) is 2. The second-order valence-corrected chi connectivity index (χ2v) is 7.15. The molecule has 1 heterocycles. The molecule has 1 aromatic heterocycles. The normalized spacial score (nSPS) is 14.9. The summed E-state index contributed by atoms with van der Waals surface area (Å²) in [7, 11) is 1.87. The monoisotopic (exact) mass is 379 g/mol. The van der Waals surface area contributed by atoms with Crippen LogP contribution in [0.3, 0.4) is 0 Å². The van der Waals surface area contributed by atoms with Gasteiger partial charge < -0.3 is 10.7 Å². The molecule has 0 spiro atoms. The van der Waals surface area contributed by atoms with Gasteiger partial charge in [-0.3, -0.25) is 4.99 Å². The topological polar surface area (TPSA) is 54.2 Å². The molecule has 0 aliphatic rings. The fourth-order valence-corrected chi connectivity index (χ4v) is 2.98. The lowest BCUT2D eigenvalue weighted by atomic mass is 9.93. The zero-order valence-corrected chi connectivity index (χ0v) is 18.0. The van der Waals surface area contributed by atoms with Gasteiger partial charge in [-0.1, -0.05) is 56.0 Å². The van der Waals surface area contributed by atoms with Gasteiger partial charge in [-0.2, -0.15) is 0 Å². The Balaban J connectivity index is 2.85. The zero-order chi connectivity index (χ0) is 20.8. The molecule has 28 heavy (non-hydrogen) atoms. The molecule has 152 valence electrons. The number of H-pyrrole nitrogens is 1. The highest BCUT2D eigenvalue weighted by atomic mass is 14.7. The molecule has 0 aromatic carbocycles. The van der Waals surface area contributed by atoms with Crippen molar-refractivity contribution in [1.29, 1.82) is 0 Å². The average Bonchev–Trinajstić information content (AvgIpc) is 3.10. The van der Waals surface area contributed by atoms with E-state index in [1.807, 2.05) is 25.4 Å². The minimum Gasteiger partial charge on any atom is -0.397 e. The summed E-state index contributed by atoms with van der Waals surface area (Å²) in [5, 5.41) is 0. The molecule has 0 amide bonds. The summed E-state index contributed by atoms with van der Waals surface area (Å²) in [6.45, 7) is 10.3. The van der Waals surface area contributed by atoms with Crippen molar-refractivity contribution >= 4 is 11.4 Å². The highest BCUT2D eigenvalue weighted by Gasteiger charge is 2.07. The Bertz CT molecular complexity index is 742. The number of aromatic amines is 1. The second kappa shape index (κ2) is 13.6. The number of aromatic nitrogens is 1. The molecule has 0 aliphatic heterocycles. The van der Waals surface area contributed by atoms with Crippen molar-refractivity contribution in [3.8, 4) is 0 Å². The van der Waals surface area contributed by atoms with Crippen LogP contribution in [0.1, 0.15) is 52.1 Å². The van der Waals surface area contributed by atoms with E-state index in [1.165, 1.54) is 16.9 Å². The molecule has 1 aromatic rings. The molecule has 0 bridgehead atoms. The maximum atomic E-state index is 5.76. The predicted molar refractivity (Wildman–Crippen MR) is 126 cm³/mol. The van der Waals surface area contributed by atoms with E-state index in [0.29, 0.717) is 5.92 Å². The van der Waals surface area contributed by atoms with Crippen LogP contribution >= 0.6 is 0 Å². The molecule has 1 rings (SSSR count). The molecule has 1 atom stereocenters. The number of allylic oxidation sites excluding steroid dienone is 9. The van der Waals surface area contributed by atoms with Crippen LogP contribution in [0.15, 0.2) is 77.5 Å². The molecule has 0 radical (unpaired) electrons. The first kappa shape index (κ1) is 23.5. The molecular weight excluding hydrogens is 342 g/mol. The largest absolute Gasteiger partial charge is 0.397 e. The van der Waals surface area contributed by atoms with Crippen LogP contribution in [0.2, 0.25) is 0 Å². The molecule has 0 fully saturated rings. The number of anilines is 1. The summed E-state index contributed by atoms with van der Waals surface area (Å²) in [5.41, 5.74) is 11.4. The standard InChI is InChI=1S/C25H37N3/c1-6-8-13-23(11-7-2)20(3)17-22(16-15-21(4)27-5)12-9-10-14-25-18-24(26)19-28-25/h7-11,13,17-19,22,28H,2,6,12,14-16,26H2,1,3-5H3/b10-9-,13-8-,20-17+,23-11+,27-21?. The first-order valence-corrected chi connectivity index (χ1v) is 10.2. The molecular formula is C25H37N3. The van der Waals surface area contributed by atoms with E-state index in [4.69, 9.17) is 5.73 Å². The summed E-state index contributed by atoms with van der Waals surface area (Å²) in [6, 6.07) is 1.99. The van der Waals surface area contributed by atoms with Crippen LogP contribution in [0.25, 0.3) is 0 Å². The first-order chi connectivity index (χ1) is 13.5. The van der Waals surface area contributed by atoms with Crippen molar-refractivity contribution < 1.29 is 0 Å². The van der Waals surface area contributed by atoms with Crippen molar-refractivity contribution in [3.05, 3.63) is 78.2 Å². The predicted octanol–water partition coefficient (Wildman–Crippen LogP) is 6.60. The van der Waals surface area contributed by atoms with Gasteiger partial charge in [-0.15, -0.1) is 0 Å². The molecule has 0 aliphatic carbocycles. The number of nitrogen functional groups attached to an aromatic ring is 1. The van der Waals surface area contributed by atoms with Gasteiger partial charge in [0.1, 0.15) is 0 Å². The number of nitrogens with zero attached hydrogens (tertiary/aromatic N) is 1. The van der Waals surface area contributed by atoms with E-state index < -0.39 is 0 Å². The fourth-order valence-electron chi connectivity index (χ4n) is 2.98. The van der Waals surface area contributed by atoms with E-state index >= 15 is 0 Å². The van der Waals surface area contributed by atoms with Crippen molar-refractivity contribution in [2.45, 2.75) is 52.9 Å². The van der Waals surface area contributed by atoms with Crippen LogP contribution in [0.4, 0.5) is 5.69 Å². The lowest BCUT2D eigenvalue weighted by Crippen LogP contribution is -2.01. The van der Waals surface area contributed by atoms with E-state index in [-0.39, 0.29) is 0 Å². The summed E-state index contributed by atoms with van der Waals surface area (Å²) in [4.78, 5) is 7.50. The number of hydrogen-bond donors (Lipinski definition) is 2. The summed E-state index contributed by atoms with van der Waals surface area (Å²) < 4.78 is 0. The Morgan fingerprint density at radius 2 is 2.07 bits per heavy atom. The van der Waals surface area contributed by atoms with Crippen molar-refractivity contribution in [2.24, 2.45) is 10.9 Å². The molecule has 3 N–H and O–H groups in total. The molecule has 0 saturated carbocycles. The van der Waals surface area contributed by atoms with E-state index in [0.717, 1.165) is 43.5 Å². The summed E-state index contributed by atoms with van der Waals surface area (Å²) in [6.07, 6.45) is 22.1. The maximum Gasteiger partial charge on any atom is 0.0494 e. The Labute approximate surface area is 171 Å². The Kier molecular flexibility index (Phi) is 11.4. The van der Waals surface area contributed by atoms with Crippen LogP contribution in [-0.2, 0) is 6.42 Å². The second-order valence-electron chi connectivity index (χ2n) is 7.15. The van der Waals surface area contributed by atoms with Gasteiger partial charge in [-0.05, 0) is 62.7 Å². The minimum absolute atomic E-state index is 0.477. The van der Waals surface area contributed by atoms with E-state index in [9.17, 15) is 0 Å². The van der Waals surface area contributed by atoms with Crippen molar-refractivity contribution in [2.75, 3.05) is 12.8 Å². The highest BCUT2D eigenvalue weighted by molar-refractivity contribution is 5.81. The van der Waals surface area contributed by atoms with E-state index in [1.54, 1.807) is 0 Å². The maximum absolute atomic E-state index is 5.76. The van der Waals surface area contributed by atoms with Gasteiger partial charge >= 0.3 is 0 Å². The van der Waals surface area contributed by atoms with Gasteiger partial charge in [0.15, 0.2) is 0 Å². The Morgan fingerprint density at radius 1 is 1.29 bits per heavy atom. The third kappa shape index (κ3) is 9.40. The third-order valence-corrected chi connectivity index (χ3v) is 4.74. The van der Waals surface area contributed by atoms with Gasteiger partial charge in [0.2, 0.25) is 0 Å². The fraction of sp³-hybridized carbons (Fsp3) is 0.400. The van der Waals surface area contributed by atoms with Crippen molar-refractivity contribution in [3.63, 3.8) is 0 Å². The smallest absolute Gasteiger partial charge is 0.0494 e. The molecule has 1 unspecified atom stereocenters. The van der Waals surface area contributed by atoms with Gasteiger partial charge in [0.25, 0.3) is 0 Å². The number of nitrogens with two attached hydrogens (primary N) is 1. The Morgan fingerprint density at radius 3 is 2.68 bits per heavy atom. The summed E-state index contributed by atoms with van der Waals surface area (Å²) >= 11 is 0. The van der Waals surface area contributed by atoms with Crippen LogP contribution in [0, 0.1) is 5.92 Å². The highest BCUT2D eigenvalue weighted by Crippen LogP contribution is 2.21. The first-order valence-electron chi connectivity index (χ1n) is 10.2. The number of rotatable bonds is 12. The van der Waals surface area contributed by atoms with Crippen LogP contribution in [-0.4, -0.2) is 17.7 Å².